The highest BCUT2D eigenvalue weighted by atomic mass is 16.5. The molecule has 2 heterocycles. The quantitative estimate of drug-likeness (QED) is 0.687. The van der Waals surface area contributed by atoms with Crippen molar-refractivity contribution in [2.45, 2.75) is 25.8 Å². The molecule has 1 amide bonds. The molecule has 144 valence electrons. The number of ether oxygens (including phenoxy) is 1. The molecule has 4 rings (SSSR count). The van der Waals surface area contributed by atoms with Crippen molar-refractivity contribution in [2.75, 3.05) is 20.2 Å². The van der Waals surface area contributed by atoms with Crippen molar-refractivity contribution >= 4 is 5.91 Å². The summed E-state index contributed by atoms with van der Waals surface area (Å²) in [6.07, 6.45) is 2.49. The largest absolute Gasteiger partial charge is 0.496 e. The van der Waals surface area contributed by atoms with Crippen LogP contribution in [0, 0.1) is 0 Å². The molecule has 6 heteroatoms. The number of hydrogen-bond donors (Lipinski definition) is 0. The van der Waals surface area contributed by atoms with E-state index >= 15 is 0 Å². The first kappa shape index (κ1) is 18.2. The first-order chi connectivity index (χ1) is 13.8. The van der Waals surface area contributed by atoms with Crippen LogP contribution < -0.4 is 4.74 Å². The van der Waals surface area contributed by atoms with Crippen molar-refractivity contribution in [1.29, 1.82) is 0 Å². The molecule has 1 aromatic heterocycles. The highest BCUT2D eigenvalue weighted by Gasteiger charge is 2.24. The standard InChI is InChI=1S/C22H24N4O2/c1-28-19-10-6-5-9-18(19)22(27)25-14-13-21-24-23-20(26(21)16-15-25)12-11-17-7-3-2-4-8-17/h2-10H,11-16H2,1H3. The molecule has 0 saturated heterocycles. The van der Waals surface area contributed by atoms with E-state index in [0.29, 0.717) is 37.4 Å². The number of methoxy groups -OCH3 is 1. The van der Waals surface area contributed by atoms with E-state index in [-0.39, 0.29) is 5.91 Å². The second-order valence-corrected chi connectivity index (χ2v) is 6.91. The van der Waals surface area contributed by atoms with Gasteiger partial charge in [-0.15, -0.1) is 10.2 Å². The molecule has 0 atom stereocenters. The molecule has 1 aliphatic heterocycles. The average Bonchev–Trinajstić information content (AvgIpc) is 3.01. The fourth-order valence-corrected chi connectivity index (χ4v) is 3.66. The van der Waals surface area contributed by atoms with Crippen molar-refractivity contribution in [3.63, 3.8) is 0 Å². The summed E-state index contributed by atoms with van der Waals surface area (Å²) in [5, 5.41) is 8.78. The van der Waals surface area contributed by atoms with E-state index in [2.05, 4.69) is 39.0 Å². The van der Waals surface area contributed by atoms with Gasteiger partial charge in [-0.1, -0.05) is 42.5 Å². The van der Waals surface area contributed by atoms with Gasteiger partial charge in [-0.25, -0.2) is 0 Å². The molecule has 0 saturated carbocycles. The van der Waals surface area contributed by atoms with Gasteiger partial charge in [0.25, 0.3) is 5.91 Å². The maximum Gasteiger partial charge on any atom is 0.257 e. The summed E-state index contributed by atoms with van der Waals surface area (Å²) in [7, 11) is 1.59. The third-order valence-corrected chi connectivity index (χ3v) is 5.21. The molecule has 0 N–H and O–H groups in total. The number of carbonyl (C=O) groups is 1. The molecule has 0 radical (unpaired) electrons. The third-order valence-electron chi connectivity index (χ3n) is 5.21. The van der Waals surface area contributed by atoms with Gasteiger partial charge in [0, 0.05) is 32.5 Å². The van der Waals surface area contributed by atoms with Crippen LogP contribution in [0.25, 0.3) is 0 Å². The van der Waals surface area contributed by atoms with Crippen LogP contribution in [0.4, 0.5) is 0 Å². The Balaban J connectivity index is 1.45. The van der Waals surface area contributed by atoms with Crippen LogP contribution in [0.5, 0.6) is 5.75 Å². The number of para-hydroxylation sites is 1. The van der Waals surface area contributed by atoms with E-state index < -0.39 is 0 Å². The van der Waals surface area contributed by atoms with Crippen LogP contribution in [-0.4, -0.2) is 45.8 Å². The van der Waals surface area contributed by atoms with E-state index in [9.17, 15) is 4.79 Å². The van der Waals surface area contributed by atoms with E-state index in [1.165, 1.54) is 5.56 Å². The zero-order valence-corrected chi connectivity index (χ0v) is 16.0. The van der Waals surface area contributed by atoms with Gasteiger partial charge in [0.15, 0.2) is 0 Å². The van der Waals surface area contributed by atoms with E-state index in [4.69, 9.17) is 4.74 Å². The highest BCUT2D eigenvalue weighted by molar-refractivity contribution is 5.97. The number of aromatic nitrogens is 3. The molecule has 1 aliphatic rings. The van der Waals surface area contributed by atoms with Gasteiger partial charge in [-0.05, 0) is 24.1 Å². The summed E-state index contributed by atoms with van der Waals surface area (Å²) in [4.78, 5) is 14.9. The average molecular weight is 376 g/mol. The van der Waals surface area contributed by atoms with Crippen molar-refractivity contribution in [2.24, 2.45) is 0 Å². The van der Waals surface area contributed by atoms with Crippen molar-refractivity contribution < 1.29 is 9.53 Å². The molecule has 0 fully saturated rings. The molecule has 0 bridgehead atoms. The smallest absolute Gasteiger partial charge is 0.257 e. The number of rotatable bonds is 5. The summed E-state index contributed by atoms with van der Waals surface area (Å²) >= 11 is 0. The van der Waals surface area contributed by atoms with Crippen molar-refractivity contribution in [3.05, 3.63) is 77.4 Å². The summed E-state index contributed by atoms with van der Waals surface area (Å²) in [5.74, 6) is 2.56. The van der Waals surface area contributed by atoms with Gasteiger partial charge in [0.1, 0.15) is 17.4 Å². The maximum absolute atomic E-state index is 13.0. The number of aryl methyl sites for hydroxylation is 2. The molecule has 6 nitrogen and oxygen atoms in total. The lowest BCUT2D eigenvalue weighted by atomic mass is 10.1. The van der Waals surface area contributed by atoms with E-state index in [1.807, 2.05) is 35.2 Å². The zero-order chi connectivity index (χ0) is 19.3. The molecule has 0 spiro atoms. The number of nitrogens with zero attached hydrogens (tertiary/aromatic N) is 4. The van der Waals surface area contributed by atoms with Gasteiger partial charge < -0.3 is 14.2 Å². The minimum atomic E-state index is 0.00185. The molecule has 2 aromatic carbocycles. The Labute approximate surface area is 164 Å². The Kier molecular flexibility index (Phi) is 5.37. The molecular weight excluding hydrogens is 352 g/mol. The lowest BCUT2D eigenvalue weighted by Crippen LogP contribution is -2.34. The van der Waals surface area contributed by atoms with Crippen LogP contribution in [0.1, 0.15) is 27.6 Å². The highest BCUT2D eigenvalue weighted by Crippen LogP contribution is 2.21. The Morgan fingerprint density at radius 2 is 1.75 bits per heavy atom. The SMILES string of the molecule is COc1ccccc1C(=O)N1CCc2nnc(CCc3ccccc3)n2CC1. The summed E-state index contributed by atoms with van der Waals surface area (Å²) in [6, 6.07) is 17.8. The second-order valence-electron chi connectivity index (χ2n) is 6.91. The van der Waals surface area contributed by atoms with Gasteiger partial charge >= 0.3 is 0 Å². The van der Waals surface area contributed by atoms with E-state index in [0.717, 1.165) is 24.5 Å². The van der Waals surface area contributed by atoms with Crippen LogP contribution in [-0.2, 0) is 25.8 Å². The molecular formula is C22H24N4O2. The fraction of sp³-hybridized carbons (Fsp3) is 0.318. The lowest BCUT2D eigenvalue weighted by molar-refractivity contribution is 0.0755. The number of carbonyl (C=O) groups excluding carboxylic acids is 1. The van der Waals surface area contributed by atoms with E-state index in [1.54, 1.807) is 7.11 Å². The number of hydrogen-bond acceptors (Lipinski definition) is 4. The Bertz CT molecular complexity index is 952. The number of benzene rings is 2. The normalized spacial score (nSPS) is 13.7. The summed E-state index contributed by atoms with van der Waals surface area (Å²) in [6.45, 7) is 1.99. The predicted octanol–water partition coefficient (Wildman–Crippen LogP) is 2.77. The Hall–Kier alpha value is -3.15. The summed E-state index contributed by atoms with van der Waals surface area (Å²) in [5.41, 5.74) is 1.90. The fourth-order valence-electron chi connectivity index (χ4n) is 3.66. The van der Waals surface area contributed by atoms with Crippen LogP contribution in [0.3, 0.4) is 0 Å². The van der Waals surface area contributed by atoms with Crippen LogP contribution in [0.15, 0.2) is 54.6 Å². The molecule has 0 aliphatic carbocycles. The molecule has 0 unspecified atom stereocenters. The number of amides is 1. The third kappa shape index (κ3) is 3.76. The van der Waals surface area contributed by atoms with Gasteiger partial charge in [-0.2, -0.15) is 0 Å². The Morgan fingerprint density at radius 3 is 2.57 bits per heavy atom. The maximum atomic E-state index is 13.0. The van der Waals surface area contributed by atoms with Gasteiger partial charge in [-0.3, -0.25) is 4.79 Å². The van der Waals surface area contributed by atoms with Crippen molar-refractivity contribution in [1.82, 2.24) is 19.7 Å². The monoisotopic (exact) mass is 376 g/mol. The first-order valence-corrected chi connectivity index (χ1v) is 9.63. The van der Waals surface area contributed by atoms with Crippen molar-refractivity contribution in [3.8, 4) is 5.75 Å². The van der Waals surface area contributed by atoms with Gasteiger partial charge in [0.2, 0.25) is 0 Å². The second kappa shape index (κ2) is 8.25. The topological polar surface area (TPSA) is 60.2 Å². The van der Waals surface area contributed by atoms with Crippen LogP contribution >= 0.6 is 0 Å². The Morgan fingerprint density at radius 1 is 0.964 bits per heavy atom. The summed E-state index contributed by atoms with van der Waals surface area (Å²) < 4.78 is 7.53. The minimum Gasteiger partial charge on any atom is -0.496 e. The zero-order valence-electron chi connectivity index (χ0n) is 16.0. The first-order valence-electron chi connectivity index (χ1n) is 9.63. The van der Waals surface area contributed by atoms with Crippen LogP contribution in [0.2, 0.25) is 0 Å². The number of fused-ring (bicyclic) bond motifs is 1. The predicted molar refractivity (Wildman–Crippen MR) is 106 cm³/mol. The molecule has 28 heavy (non-hydrogen) atoms. The lowest BCUT2D eigenvalue weighted by Gasteiger charge is -2.21. The minimum absolute atomic E-state index is 0.00185. The van der Waals surface area contributed by atoms with Gasteiger partial charge in [0.05, 0.1) is 12.7 Å². The molecule has 3 aromatic rings.